The first-order chi connectivity index (χ1) is 8.05. The Balaban J connectivity index is 3.91. The minimum Gasteiger partial charge on any atom is -0.461 e. The number of ether oxygens (including phenoxy) is 2. The van der Waals surface area contributed by atoms with Gasteiger partial charge in [-0.25, -0.2) is 9.59 Å². The van der Waals surface area contributed by atoms with E-state index in [1.807, 2.05) is 0 Å². The monoisotopic (exact) mass is 266 g/mol. The minimum absolute atomic E-state index is 0.0821. The summed E-state index contributed by atoms with van der Waals surface area (Å²) < 4.78 is 24.4. The Bertz CT molecular complexity index is 243. The van der Waals surface area contributed by atoms with E-state index in [4.69, 9.17) is 13.3 Å². The van der Waals surface area contributed by atoms with Crippen LogP contribution in [0.2, 0.25) is 6.04 Å². The molecule has 0 aliphatic rings. The van der Waals surface area contributed by atoms with Crippen molar-refractivity contribution in [2.75, 3.05) is 35.0 Å². The molecule has 17 heavy (non-hydrogen) atoms. The summed E-state index contributed by atoms with van der Waals surface area (Å²) in [6.45, 7) is 0.0821. The van der Waals surface area contributed by atoms with Gasteiger partial charge in [0.25, 0.3) is 0 Å². The summed E-state index contributed by atoms with van der Waals surface area (Å²) in [5.41, 5.74) is 0. The third kappa shape index (κ3) is 5.26. The second-order valence-corrected chi connectivity index (χ2v) is 6.12. The molecule has 0 rings (SSSR count). The maximum atomic E-state index is 10.9. The zero-order valence-electron chi connectivity index (χ0n) is 10.5. The maximum absolute atomic E-state index is 10.9. The van der Waals surface area contributed by atoms with E-state index in [9.17, 15) is 9.59 Å². The van der Waals surface area contributed by atoms with Crippen molar-refractivity contribution in [3.8, 4) is 0 Å². The molecule has 0 aromatic heterocycles. The summed E-state index contributed by atoms with van der Waals surface area (Å²) in [6, 6.07) is 0.491. The number of methoxy groups -OCH3 is 1. The molecule has 0 aromatic rings. The maximum Gasteiger partial charge on any atom is 0.500 e. The van der Waals surface area contributed by atoms with Crippen LogP contribution in [0.15, 0.2) is 0 Å². The lowest BCUT2D eigenvalue weighted by atomic mass is 10.5. The second-order valence-electron chi connectivity index (χ2n) is 3.03. The van der Waals surface area contributed by atoms with E-state index in [-0.39, 0.29) is 6.61 Å². The number of carbonyl (C=O) groups excluding carboxylic acids is 2. The molecule has 8 heteroatoms. The second kappa shape index (κ2) is 8.18. The Kier molecular flexibility index (Phi) is 7.71. The molecule has 0 saturated heterocycles. The van der Waals surface area contributed by atoms with Gasteiger partial charge < -0.3 is 22.8 Å². The normalized spacial score (nSPS) is 11.1. The predicted octanol–water partition coefficient (Wildman–Crippen LogP) is -0.0292. The molecule has 100 valence electrons. The first-order valence-corrected chi connectivity index (χ1v) is 6.89. The molecule has 7 nitrogen and oxygen atoms in total. The van der Waals surface area contributed by atoms with Gasteiger partial charge in [0.15, 0.2) is 0 Å². The highest BCUT2D eigenvalue weighted by Crippen LogP contribution is 2.14. The van der Waals surface area contributed by atoms with Crippen molar-refractivity contribution >= 4 is 20.7 Å². The highest BCUT2D eigenvalue weighted by atomic mass is 28.4. The molecule has 0 spiro atoms. The molecular weight excluding hydrogens is 248 g/mol. The molecule has 0 aliphatic heterocycles. The van der Waals surface area contributed by atoms with Gasteiger partial charge in [0.05, 0.1) is 13.7 Å². The van der Waals surface area contributed by atoms with Gasteiger partial charge in [-0.1, -0.05) is 0 Å². The molecule has 0 heterocycles. The molecule has 0 bridgehead atoms. The van der Waals surface area contributed by atoms with Crippen LogP contribution in [0.5, 0.6) is 0 Å². The molecule has 0 N–H and O–H groups in total. The van der Waals surface area contributed by atoms with Crippen LogP contribution in [0.1, 0.15) is 6.42 Å². The predicted molar refractivity (Wildman–Crippen MR) is 59.2 cm³/mol. The molecule has 0 unspecified atom stereocenters. The number of hydrogen-bond acceptors (Lipinski definition) is 7. The molecule has 0 aromatic carbocycles. The van der Waals surface area contributed by atoms with E-state index in [2.05, 4.69) is 9.47 Å². The summed E-state index contributed by atoms with van der Waals surface area (Å²) in [4.78, 5) is 21.6. The third-order valence-electron chi connectivity index (χ3n) is 2.15. The molecule has 0 atom stereocenters. The Morgan fingerprint density at radius 2 is 1.47 bits per heavy atom. The van der Waals surface area contributed by atoms with E-state index in [0.29, 0.717) is 12.5 Å². The summed E-state index contributed by atoms with van der Waals surface area (Å²) in [6.07, 6.45) is 0.477. The van der Waals surface area contributed by atoms with Crippen molar-refractivity contribution in [3.63, 3.8) is 0 Å². The summed E-state index contributed by atoms with van der Waals surface area (Å²) in [5.74, 6) is -2.02. The topological polar surface area (TPSA) is 80.3 Å². The smallest absolute Gasteiger partial charge is 0.461 e. The van der Waals surface area contributed by atoms with Gasteiger partial charge in [0, 0.05) is 27.4 Å². The fourth-order valence-electron chi connectivity index (χ4n) is 1.15. The standard InChI is InChI=1S/C9H18O7Si/c1-12-8(10)9(11)16-6-5-7-17(13-2,14-3)15-4/h5-7H2,1-4H3. The van der Waals surface area contributed by atoms with Gasteiger partial charge in [0.2, 0.25) is 0 Å². The van der Waals surface area contributed by atoms with Gasteiger partial charge in [-0.2, -0.15) is 0 Å². The van der Waals surface area contributed by atoms with Crippen LogP contribution in [0, 0.1) is 0 Å². The lowest BCUT2D eigenvalue weighted by molar-refractivity contribution is -0.165. The number of esters is 2. The van der Waals surface area contributed by atoms with Gasteiger partial charge >= 0.3 is 20.7 Å². The first kappa shape index (κ1) is 16.0. The highest BCUT2D eigenvalue weighted by molar-refractivity contribution is 6.60. The van der Waals surface area contributed by atoms with Crippen molar-refractivity contribution < 1.29 is 32.3 Å². The first-order valence-electron chi connectivity index (χ1n) is 4.95. The number of hydrogen-bond donors (Lipinski definition) is 0. The SMILES string of the molecule is COC(=O)C(=O)OCCC[Si](OC)(OC)OC. The van der Waals surface area contributed by atoms with Crippen LogP contribution >= 0.6 is 0 Å². The average molecular weight is 266 g/mol. The molecule has 0 fully saturated rings. The Morgan fingerprint density at radius 1 is 0.941 bits per heavy atom. The van der Waals surface area contributed by atoms with Crippen LogP contribution < -0.4 is 0 Å². The van der Waals surface area contributed by atoms with Crippen LogP contribution in [-0.4, -0.2) is 55.8 Å². The minimum atomic E-state index is -2.63. The van der Waals surface area contributed by atoms with E-state index >= 15 is 0 Å². The quantitative estimate of drug-likeness (QED) is 0.277. The summed E-state index contributed by atoms with van der Waals surface area (Å²) in [7, 11) is 2.98. The van der Waals surface area contributed by atoms with Crippen LogP contribution in [0.3, 0.4) is 0 Å². The largest absolute Gasteiger partial charge is 0.500 e. The van der Waals surface area contributed by atoms with Crippen molar-refractivity contribution in [3.05, 3.63) is 0 Å². The van der Waals surface area contributed by atoms with Crippen molar-refractivity contribution in [1.82, 2.24) is 0 Å². The number of carbonyl (C=O) groups is 2. The Hall–Kier alpha value is -0.963. The molecular formula is C9H18O7Si. The number of rotatable bonds is 7. The van der Waals surface area contributed by atoms with E-state index in [0.717, 1.165) is 7.11 Å². The molecule has 0 amide bonds. The Morgan fingerprint density at radius 3 is 1.88 bits per heavy atom. The van der Waals surface area contributed by atoms with Crippen molar-refractivity contribution in [1.29, 1.82) is 0 Å². The summed E-state index contributed by atoms with van der Waals surface area (Å²) in [5, 5.41) is 0. The summed E-state index contributed by atoms with van der Waals surface area (Å²) >= 11 is 0. The lowest BCUT2D eigenvalue weighted by Gasteiger charge is -2.23. The fraction of sp³-hybridized carbons (Fsp3) is 0.778. The van der Waals surface area contributed by atoms with Gasteiger partial charge in [-0.15, -0.1) is 0 Å². The zero-order chi connectivity index (χ0) is 13.3. The molecule has 0 aliphatic carbocycles. The Labute approximate surface area is 101 Å². The van der Waals surface area contributed by atoms with Crippen molar-refractivity contribution in [2.24, 2.45) is 0 Å². The van der Waals surface area contributed by atoms with Gasteiger partial charge in [-0.3, -0.25) is 0 Å². The van der Waals surface area contributed by atoms with E-state index in [1.54, 1.807) is 0 Å². The lowest BCUT2D eigenvalue weighted by Crippen LogP contribution is -2.42. The average Bonchev–Trinajstić information content (AvgIpc) is 2.38. The molecule has 0 radical (unpaired) electrons. The van der Waals surface area contributed by atoms with Crippen LogP contribution in [-0.2, 0) is 32.3 Å². The zero-order valence-corrected chi connectivity index (χ0v) is 11.5. The van der Waals surface area contributed by atoms with E-state index in [1.165, 1.54) is 21.3 Å². The van der Waals surface area contributed by atoms with Gasteiger partial charge in [0.1, 0.15) is 0 Å². The highest BCUT2D eigenvalue weighted by Gasteiger charge is 2.37. The van der Waals surface area contributed by atoms with Crippen molar-refractivity contribution in [2.45, 2.75) is 12.5 Å². The third-order valence-corrected chi connectivity index (χ3v) is 4.98. The fourth-order valence-corrected chi connectivity index (χ4v) is 2.84. The van der Waals surface area contributed by atoms with Crippen LogP contribution in [0.25, 0.3) is 0 Å². The van der Waals surface area contributed by atoms with Crippen LogP contribution in [0.4, 0.5) is 0 Å². The van der Waals surface area contributed by atoms with Gasteiger partial charge in [-0.05, 0) is 6.42 Å². The van der Waals surface area contributed by atoms with E-state index < -0.39 is 20.7 Å². The molecule has 0 saturated carbocycles.